The van der Waals surface area contributed by atoms with Crippen molar-refractivity contribution in [1.29, 1.82) is 0 Å². The first-order valence-electron chi connectivity index (χ1n) is 9.87. The third-order valence-electron chi connectivity index (χ3n) is 4.09. The second-order valence-corrected chi connectivity index (χ2v) is 7.31. The SMILES string of the molecule is CC(C)CCCCCCCCCCC(=O)OC(=O)C(C)OC(=O)C(C)O. The summed E-state index contributed by atoms with van der Waals surface area (Å²) in [6.45, 7) is 7.04. The molecule has 0 saturated carbocycles. The fourth-order valence-electron chi connectivity index (χ4n) is 2.45. The Hall–Kier alpha value is -1.43. The van der Waals surface area contributed by atoms with Crippen molar-refractivity contribution < 1.29 is 29.0 Å². The van der Waals surface area contributed by atoms with Crippen molar-refractivity contribution >= 4 is 17.9 Å². The molecule has 26 heavy (non-hydrogen) atoms. The van der Waals surface area contributed by atoms with Gasteiger partial charge in [0.15, 0.2) is 6.10 Å². The van der Waals surface area contributed by atoms with Crippen LogP contribution in [0.2, 0.25) is 0 Å². The lowest BCUT2D eigenvalue weighted by atomic mass is 10.0. The van der Waals surface area contributed by atoms with Crippen LogP contribution in [0.5, 0.6) is 0 Å². The number of esters is 3. The minimum Gasteiger partial charge on any atom is -0.449 e. The van der Waals surface area contributed by atoms with Crippen LogP contribution < -0.4 is 0 Å². The van der Waals surface area contributed by atoms with Crippen LogP contribution in [0.25, 0.3) is 0 Å². The molecule has 0 aromatic heterocycles. The number of hydrogen-bond donors (Lipinski definition) is 1. The smallest absolute Gasteiger partial charge is 0.354 e. The zero-order chi connectivity index (χ0) is 19.9. The minimum absolute atomic E-state index is 0.178. The lowest BCUT2D eigenvalue weighted by Crippen LogP contribution is -2.31. The van der Waals surface area contributed by atoms with E-state index in [9.17, 15) is 14.4 Å². The van der Waals surface area contributed by atoms with E-state index in [-0.39, 0.29) is 6.42 Å². The van der Waals surface area contributed by atoms with Crippen LogP contribution in [-0.2, 0) is 23.9 Å². The van der Waals surface area contributed by atoms with E-state index in [1.165, 1.54) is 52.4 Å². The van der Waals surface area contributed by atoms with Gasteiger partial charge in [0.2, 0.25) is 0 Å². The van der Waals surface area contributed by atoms with E-state index in [4.69, 9.17) is 5.11 Å². The quantitative estimate of drug-likeness (QED) is 0.282. The molecule has 0 spiro atoms. The molecule has 6 nitrogen and oxygen atoms in total. The van der Waals surface area contributed by atoms with E-state index < -0.39 is 30.1 Å². The number of ether oxygens (including phenoxy) is 2. The van der Waals surface area contributed by atoms with E-state index in [0.29, 0.717) is 6.42 Å². The summed E-state index contributed by atoms with van der Waals surface area (Å²) in [5.41, 5.74) is 0. The third-order valence-corrected chi connectivity index (χ3v) is 4.09. The normalized spacial score (nSPS) is 13.3. The highest BCUT2D eigenvalue weighted by Crippen LogP contribution is 2.13. The third kappa shape index (κ3) is 13.8. The number of unbranched alkanes of at least 4 members (excludes halogenated alkanes) is 7. The Kier molecular flexibility index (Phi) is 13.9. The zero-order valence-corrected chi connectivity index (χ0v) is 16.8. The molecule has 0 aliphatic carbocycles. The van der Waals surface area contributed by atoms with Crippen LogP contribution >= 0.6 is 0 Å². The van der Waals surface area contributed by atoms with Crippen molar-refractivity contribution in [3.63, 3.8) is 0 Å². The first-order valence-corrected chi connectivity index (χ1v) is 9.87. The van der Waals surface area contributed by atoms with Crippen molar-refractivity contribution in [2.75, 3.05) is 0 Å². The maximum atomic E-state index is 11.6. The highest BCUT2D eigenvalue weighted by atomic mass is 16.6. The average molecular weight is 373 g/mol. The van der Waals surface area contributed by atoms with Gasteiger partial charge in [0.05, 0.1) is 0 Å². The number of hydrogen-bond acceptors (Lipinski definition) is 6. The van der Waals surface area contributed by atoms with Gasteiger partial charge in [-0.15, -0.1) is 0 Å². The molecule has 0 radical (unpaired) electrons. The Bertz CT molecular complexity index is 417. The molecule has 0 fully saturated rings. The van der Waals surface area contributed by atoms with E-state index in [0.717, 1.165) is 18.8 Å². The maximum Gasteiger partial charge on any atom is 0.354 e. The van der Waals surface area contributed by atoms with Crippen molar-refractivity contribution in [3.8, 4) is 0 Å². The summed E-state index contributed by atoms with van der Waals surface area (Å²) in [4.78, 5) is 34.4. The minimum atomic E-state index is -1.32. The van der Waals surface area contributed by atoms with Crippen LogP contribution in [0.4, 0.5) is 0 Å². The lowest BCUT2D eigenvalue weighted by molar-refractivity contribution is -0.176. The fraction of sp³-hybridized carbons (Fsp3) is 0.850. The molecule has 152 valence electrons. The highest BCUT2D eigenvalue weighted by molar-refractivity contribution is 5.89. The second-order valence-electron chi connectivity index (χ2n) is 7.31. The first-order chi connectivity index (χ1) is 12.2. The molecule has 0 aromatic carbocycles. The first kappa shape index (κ1) is 24.6. The van der Waals surface area contributed by atoms with Crippen LogP contribution in [0.3, 0.4) is 0 Å². The molecule has 1 N–H and O–H groups in total. The zero-order valence-electron chi connectivity index (χ0n) is 16.8. The van der Waals surface area contributed by atoms with E-state index >= 15 is 0 Å². The molecule has 2 unspecified atom stereocenters. The van der Waals surface area contributed by atoms with Crippen molar-refractivity contribution in [1.82, 2.24) is 0 Å². The van der Waals surface area contributed by atoms with Gasteiger partial charge in [-0.25, -0.2) is 9.59 Å². The molecule has 0 aromatic rings. The van der Waals surface area contributed by atoms with Gasteiger partial charge >= 0.3 is 17.9 Å². The average Bonchev–Trinajstić information content (AvgIpc) is 2.55. The van der Waals surface area contributed by atoms with E-state index in [1.54, 1.807) is 0 Å². The maximum absolute atomic E-state index is 11.6. The largest absolute Gasteiger partial charge is 0.449 e. The molecule has 0 rings (SSSR count). The van der Waals surface area contributed by atoms with Crippen LogP contribution in [0.1, 0.15) is 91.9 Å². The number of rotatable bonds is 14. The number of aliphatic hydroxyl groups excluding tert-OH is 1. The van der Waals surface area contributed by atoms with Gasteiger partial charge in [-0.05, 0) is 26.2 Å². The van der Waals surface area contributed by atoms with Gasteiger partial charge in [0.25, 0.3) is 0 Å². The number of aliphatic hydroxyl groups is 1. The second kappa shape index (κ2) is 14.7. The van der Waals surface area contributed by atoms with Crippen molar-refractivity contribution in [2.45, 2.75) is 104 Å². The molecule has 0 heterocycles. The highest BCUT2D eigenvalue weighted by Gasteiger charge is 2.23. The standard InChI is InChI=1S/C20H36O6/c1-15(2)13-11-9-7-5-6-8-10-12-14-18(22)26-20(24)17(4)25-19(23)16(3)21/h15-17,21H,5-14H2,1-4H3. The van der Waals surface area contributed by atoms with Gasteiger partial charge in [0.1, 0.15) is 6.10 Å². The lowest BCUT2D eigenvalue weighted by Gasteiger charge is -2.12. The molecule has 0 amide bonds. The van der Waals surface area contributed by atoms with Gasteiger partial charge in [0, 0.05) is 6.42 Å². The Morgan fingerprint density at radius 2 is 1.27 bits per heavy atom. The van der Waals surface area contributed by atoms with Crippen LogP contribution in [-0.4, -0.2) is 35.2 Å². The molecular weight excluding hydrogens is 336 g/mol. The Balaban J connectivity index is 3.62. The molecule has 0 aliphatic rings. The topological polar surface area (TPSA) is 89.9 Å². The Morgan fingerprint density at radius 1 is 0.769 bits per heavy atom. The van der Waals surface area contributed by atoms with Gasteiger partial charge in [-0.2, -0.15) is 0 Å². The van der Waals surface area contributed by atoms with E-state index in [2.05, 4.69) is 23.3 Å². The number of carbonyl (C=O) groups is 3. The summed E-state index contributed by atoms with van der Waals surface area (Å²) in [5.74, 6) is -1.66. The predicted octanol–water partition coefficient (Wildman–Crippen LogP) is 3.93. The summed E-state index contributed by atoms with van der Waals surface area (Å²) in [7, 11) is 0. The summed E-state index contributed by atoms with van der Waals surface area (Å²) in [5, 5.41) is 9.01. The van der Waals surface area contributed by atoms with Crippen LogP contribution in [0.15, 0.2) is 0 Å². The summed E-state index contributed by atoms with van der Waals surface area (Å²) in [6.07, 6.45) is 7.91. The van der Waals surface area contributed by atoms with Gasteiger partial charge in [-0.1, -0.05) is 65.2 Å². The molecule has 0 aliphatic heterocycles. The monoisotopic (exact) mass is 372 g/mol. The summed E-state index contributed by atoms with van der Waals surface area (Å²) >= 11 is 0. The molecular formula is C20H36O6. The molecule has 2 atom stereocenters. The molecule has 0 bridgehead atoms. The Morgan fingerprint density at radius 3 is 1.77 bits per heavy atom. The predicted molar refractivity (Wildman–Crippen MR) is 99.3 cm³/mol. The van der Waals surface area contributed by atoms with Gasteiger partial charge in [-0.3, -0.25) is 4.79 Å². The summed E-state index contributed by atoms with van der Waals surface area (Å²) < 4.78 is 9.32. The van der Waals surface area contributed by atoms with E-state index in [1.807, 2.05) is 0 Å². The number of carbonyl (C=O) groups excluding carboxylic acids is 3. The van der Waals surface area contributed by atoms with Gasteiger partial charge < -0.3 is 14.6 Å². The fourth-order valence-corrected chi connectivity index (χ4v) is 2.45. The molecule has 6 heteroatoms. The van der Waals surface area contributed by atoms with Crippen LogP contribution in [0, 0.1) is 5.92 Å². The van der Waals surface area contributed by atoms with Crippen molar-refractivity contribution in [3.05, 3.63) is 0 Å². The summed E-state index contributed by atoms with van der Waals surface area (Å²) in [6, 6.07) is 0. The Labute approximate surface area is 157 Å². The molecule has 0 saturated heterocycles. The van der Waals surface area contributed by atoms with Crippen molar-refractivity contribution in [2.24, 2.45) is 5.92 Å².